The molecule has 6 aromatic rings. The molecule has 0 atom stereocenters. The Morgan fingerprint density at radius 2 is 0.626 bits per heavy atom. The normalized spacial score (nSPS) is 9.24. The first-order chi connectivity index (χ1) is 45.2. The molecule has 7 N–H and O–H groups in total. The van der Waals surface area contributed by atoms with E-state index < -0.39 is 56.7 Å². The molecule has 0 aliphatic carbocycles. The molecule has 0 heterocycles. The molecule has 0 saturated heterocycles. The van der Waals surface area contributed by atoms with Crippen LogP contribution in [-0.4, -0.2) is 125 Å². The summed E-state index contributed by atoms with van der Waals surface area (Å²) in [5.74, 6) is -4.84. The van der Waals surface area contributed by atoms with E-state index in [0.717, 1.165) is 53.4 Å². The molecule has 0 fully saturated rings. The van der Waals surface area contributed by atoms with Crippen molar-refractivity contribution in [2.24, 2.45) is 0 Å². The van der Waals surface area contributed by atoms with Crippen LogP contribution < -0.4 is 48.9 Å². The molecule has 0 unspecified atom stereocenters. The van der Waals surface area contributed by atoms with Crippen LogP contribution in [0.3, 0.4) is 0 Å². The van der Waals surface area contributed by atoms with E-state index in [0.29, 0.717) is 35.4 Å². The molecule has 99 heavy (non-hydrogen) atoms. The number of phenolic OH excluding ortho intramolecular Hbond substituents is 3. The minimum absolute atomic E-state index is 0. The Labute approximate surface area is 609 Å². The van der Waals surface area contributed by atoms with Crippen molar-refractivity contribution < 1.29 is 156 Å². The molecular formula is C68H72Cl3NaO26S. The van der Waals surface area contributed by atoms with Crippen molar-refractivity contribution in [3.63, 3.8) is 0 Å². The fraction of sp³-hybridized carbons (Fsp3) is 0.132. The van der Waals surface area contributed by atoms with Gasteiger partial charge in [-0.25, -0.2) is 13.8 Å². The number of aldehydes is 3. The van der Waals surface area contributed by atoms with E-state index >= 15 is 0 Å². The summed E-state index contributed by atoms with van der Waals surface area (Å²) in [6, 6.07) is 39.1. The number of hydrogen-bond acceptors (Lipinski definition) is 22. The molecule has 6 rings (SSSR count). The number of carbonyl (C=O) groups excluding carboxylic acids is 9. The van der Waals surface area contributed by atoms with Gasteiger partial charge in [0.15, 0.2) is 0 Å². The van der Waals surface area contributed by atoms with Gasteiger partial charge in [0.1, 0.15) is 59.8 Å². The number of ether oxygens (including phenoxy) is 4. The number of phenols is 3. The van der Waals surface area contributed by atoms with E-state index in [4.69, 9.17) is 70.9 Å². The number of aliphatic carboxylic acids is 4. The predicted molar refractivity (Wildman–Crippen MR) is 368 cm³/mol. The monoisotopic (exact) mass is 1460 g/mol. The second-order valence-corrected chi connectivity index (χ2v) is 19.5. The maximum atomic E-state index is 10.6. The number of aromatic hydroxyl groups is 3. The summed E-state index contributed by atoms with van der Waals surface area (Å²) in [5.41, 5.74) is 4.64. The zero-order chi connectivity index (χ0) is 74.0. The van der Waals surface area contributed by atoms with Crippen LogP contribution >= 0.6 is 33.0 Å². The second-order valence-electron chi connectivity index (χ2n) is 16.6. The Kier molecular flexibility index (Phi) is 66.8. The van der Waals surface area contributed by atoms with E-state index in [9.17, 15) is 62.3 Å². The number of esters is 5. The summed E-state index contributed by atoms with van der Waals surface area (Å²) in [5, 5.41) is 66.3. The molecule has 0 aliphatic heterocycles. The maximum Gasteiger partial charge on any atom is 1.00 e. The van der Waals surface area contributed by atoms with Crippen molar-refractivity contribution in [1.29, 1.82) is 0 Å². The SMILES string of the molecule is C.C.CC(=O)OC(C)=O.CC(=O)Oc1ccc(/C=C/C(=O)Cl)cc1.CC(=O)Oc1ccc(/C=C/C(=O)O)cc1.CC(=O)Oc1ccc(/C=C/C=O)cc1.C[O-].O=C(O)/C=C/c1ccc(O)cc1.O=C(O)CC(=O)O.O=C/C=C/c1ccc(O)cc1.O=Cc1ccc(O)cc1.O=S(Cl)Cl.[Na+]. The van der Waals surface area contributed by atoms with E-state index in [1.807, 2.05) is 0 Å². The number of carboxylic acids is 4. The Balaban J connectivity index is -0.000000195. The van der Waals surface area contributed by atoms with Crippen molar-refractivity contribution in [2.45, 2.75) is 55.9 Å². The Hall–Kier alpha value is -10.5. The van der Waals surface area contributed by atoms with Gasteiger partial charge in [-0.05, 0) is 155 Å². The van der Waals surface area contributed by atoms with Gasteiger partial charge in [0.25, 0.3) is 0 Å². The van der Waals surface area contributed by atoms with Gasteiger partial charge in [0, 0.05) is 73.7 Å². The third-order valence-electron chi connectivity index (χ3n) is 8.81. The number of allylic oxidation sites excluding steroid dienone is 3. The molecule has 6 aromatic carbocycles. The molecular weight excluding hydrogens is 1390 g/mol. The van der Waals surface area contributed by atoms with E-state index in [1.54, 1.807) is 140 Å². The first-order valence-electron chi connectivity index (χ1n) is 26.1. The molecule has 31 heteroatoms. The Morgan fingerprint density at radius 3 is 0.798 bits per heavy atom. The molecule has 528 valence electrons. The first kappa shape index (κ1) is 102. The Bertz CT molecular complexity index is 3420. The minimum atomic E-state index is -1.67. The fourth-order valence-corrected chi connectivity index (χ4v) is 5.35. The van der Waals surface area contributed by atoms with Crippen molar-refractivity contribution in [2.75, 3.05) is 7.11 Å². The van der Waals surface area contributed by atoms with Crippen molar-refractivity contribution in [1.82, 2.24) is 0 Å². The van der Waals surface area contributed by atoms with Crippen molar-refractivity contribution in [3.05, 3.63) is 209 Å². The van der Waals surface area contributed by atoms with Gasteiger partial charge in [-0.3, -0.25) is 52.7 Å². The van der Waals surface area contributed by atoms with E-state index in [1.165, 1.54) is 89.3 Å². The van der Waals surface area contributed by atoms with Gasteiger partial charge in [0.2, 0.25) is 14.5 Å². The van der Waals surface area contributed by atoms with Gasteiger partial charge >= 0.3 is 83.3 Å². The van der Waals surface area contributed by atoms with Crippen LogP contribution in [0.15, 0.2) is 176 Å². The van der Waals surface area contributed by atoms with Gasteiger partial charge in [-0.15, -0.1) is 0 Å². The van der Waals surface area contributed by atoms with Crippen molar-refractivity contribution in [3.8, 4) is 34.5 Å². The van der Waals surface area contributed by atoms with Crippen LogP contribution in [0, 0.1) is 0 Å². The van der Waals surface area contributed by atoms with E-state index in [-0.39, 0.29) is 79.6 Å². The average molecular weight is 1470 g/mol. The fourth-order valence-electron chi connectivity index (χ4n) is 5.29. The molecule has 0 radical (unpaired) electrons. The predicted octanol–water partition coefficient (Wildman–Crippen LogP) is 8.16. The number of carboxylic acid groups (broad SMARTS) is 4. The third kappa shape index (κ3) is 71.6. The topological polar surface area (TPSA) is 441 Å². The molecule has 0 amide bonds. The number of carbonyl (C=O) groups is 13. The van der Waals surface area contributed by atoms with Crippen LogP contribution in [-0.2, 0) is 71.5 Å². The smallest absolute Gasteiger partial charge is 0.857 e. The summed E-state index contributed by atoms with van der Waals surface area (Å²) >= 11 is 5.13. The zero-order valence-corrected chi connectivity index (χ0v) is 57.6. The quantitative estimate of drug-likeness (QED) is 0.00913. The maximum absolute atomic E-state index is 10.6. The number of benzene rings is 6. The molecule has 26 nitrogen and oxygen atoms in total. The van der Waals surface area contributed by atoms with Gasteiger partial charge in [0.05, 0.1) is 0 Å². The molecule has 0 aromatic heterocycles. The van der Waals surface area contributed by atoms with Crippen LogP contribution in [0.5, 0.6) is 34.5 Å². The van der Waals surface area contributed by atoms with Gasteiger partial charge in [-0.2, -0.15) is 7.11 Å². The summed E-state index contributed by atoms with van der Waals surface area (Å²) in [6.45, 7) is 6.36. The number of rotatable bonds is 16. The zero-order valence-electron chi connectivity index (χ0n) is 52.5. The Morgan fingerprint density at radius 1 is 0.404 bits per heavy atom. The van der Waals surface area contributed by atoms with Crippen molar-refractivity contribution >= 4 is 150 Å². The average Bonchev–Trinajstić information content (AvgIpc) is 1.03. The van der Waals surface area contributed by atoms with Crippen LogP contribution in [0.4, 0.5) is 0 Å². The minimum Gasteiger partial charge on any atom is -0.857 e. The first-order valence-corrected chi connectivity index (χ1v) is 29.3. The summed E-state index contributed by atoms with van der Waals surface area (Å²) in [4.78, 5) is 131. The molecule has 0 aliphatic rings. The van der Waals surface area contributed by atoms with E-state index in [2.05, 4.69) is 26.1 Å². The summed E-state index contributed by atoms with van der Waals surface area (Å²) in [6.07, 6.45) is 15.3. The summed E-state index contributed by atoms with van der Waals surface area (Å²) in [7, 11) is 8.11. The molecule has 0 spiro atoms. The van der Waals surface area contributed by atoms with Crippen LogP contribution in [0.1, 0.15) is 94.1 Å². The molecule has 0 bridgehead atoms. The van der Waals surface area contributed by atoms with Gasteiger partial charge in [-0.1, -0.05) is 93.7 Å². The van der Waals surface area contributed by atoms with Crippen LogP contribution in [0.2, 0.25) is 0 Å². The standard InChI is InChI=1S/C11H9ClO3.C11H10O4.C11H10O3.C9H8O3.C9H8O2.C7H6O2.C4H6O3.C3H4O4.CH3O.2CH4.Cl2OS.Na/c1-8(13)15-10-5-2-9(3-6-10)4-7-11(12)14;1-8(12)15-10-5-2-9(3-6-10)4-7-11(13)14;1-9(13)14-11-6-4-10(5-7-11)3-2-8-12;10-8-4-1-7(2-5-8)3-6-9(11)12;10-7-1-2-8-3-5-9(11)6-4-8;8-5-6-1-3-7(9)4-2-6;1-3(5)7-4(2)6;4-2(5)1-3(6)7;1-2;;;1-4(2)3;/h2-7H,1H3;2-7H,1H3,(H,13,14);2-8H,1H3;1-6,10H,(H,11,12);1-7,11H;1-5,9H;1-2H3;1H2,(H,4,5)(H,6,7);1H3;2*1H4;;/q;;;;;;;;-1;;;;+1/b2*7-4+;3-2+;6-3+;2-1+;;;;;;;;. The third-order valence-corrected chi connectivity index (χ3v) is 8.93. The van der Waals surface area contributed by atoms with Gasteiger partial charge < -0.3 is 59.8 Å². The summed E-state index contributed by atoms with van der Waals surface area (Å²) < 4.78 is 27.6. The largest absolute Gasteiger partial charge is 1.00 e. The number of halogens is 3. The number of hydrogen-bond donors (Lipinski definition) is 7. The molecule has 0 saturated carbocycles. The second kappa shape index (κ2) is 64.8. The van der Waals surface area contributed by atoms with Crippen LogP contribution in [0.25, 0.3) is 30.4 Å².